The second kappa shape index (κ2) is 13.6. The molecular formula is C54H36N2O. The number of nitrogens with zero attached hydrogens (tertiary/aromatic N) is 2. The highest BCUT2D eigenvalue weighted by Crippen LogP contribution is 2.40. The average molecular weight is 729 g/mol. The third kappa shape index (κ3) is 5.68. The van der Waals surface area contributed by atoms with E-state index < -0.39 is 0 Å². The Labute approximate surface area is 330 Å². The van der Waals surface area contributed by atoms with Gasteiger partial charge in [-0.3, -0.25) is 0 Å². The minimum atomic E-state index is 0.909. The maximum Gasteiger partial charge on any atom is 0.143 e. The Morgan fingerprint density at radius 2 is 0.860 bits per heavy atom. The second-order valence-electron chi connectivity index (χ2n) is 14.5. The summed E-state index contributed by atoms with van der Waals surface area (Å²) >= 11 is 0. The highest BCUT2D eigenvalue weighted by molar-refractivity contribution is 6.11. The summed E-state index contributed by atoms with van der Waals surface area (Å²) in [6.45, 7) is 0. The predicted molar refractivity (Wildman–Crippen MR) is 239 cm³/mol. The first-order chi connectivity index (χ1) is 28.3. The molecular weight excluding hydrogens is 693 g/mol. The fraction of sp³-hybridized carbons (Fsp3) is 0. The first-order valence-corrected chi connectivity index (χ1v) is 19.4. The maximum absolute atomic E-state index is 6.37. The van der Waals surface area contributed by atoms with E-state index in [2.05, 4.69) is 216 Å². The minimum Gasteiger partial charge on any atom is -0.455 e. The van der Waals surface area contributed by atoms with Crippen molar-refractivity contribution in [2.45, 2.75) is 0 Å². The average Bonchev–Trinajstić information content (AvgIpc) is 3.84. The number of rotatable bonds is 7. The Balaban J connectivity index is 0.938. The van der Waals surface area contributed by atoms with Crippen molar-refractivity contribution in [1.29, 1.82) is 0 Å². The monoisotopic (exact) mass is 728 g/mol. The number of fused-ring (bicyclic) bond motifs is 6. The zero-order chi connectivity index (χ0) is 37.7. The van der Waals surface area contributed by atoms with Gasteiger partial charge in [-0.2, -0.15) is 0 Å². The molecule has 0 N–H and O–H groups in total. The zero-order valence-electron chi connectivity index (χ0n) is 31.1. The molecule has 3 heteroatoms. The number of furan rings is 1. The van der Waals surface area contributed by atoms with Crippen molar-refractivity contribution < 1.29 is 4.42 Å². The van der Waals surface area contributed by atoms with E-state index >= 15 is 0 Å². The van der Waals surface area contributed by atoms with Gasteiger partial charge in [0.1, 0.15) is 11.2 Å². The SMILES string of the molecule is c1ccc(-c2ccc(-n3c4ccccc4c4cc(-c5ccc(N(c6ccccc6)c6ccc(-c7cccc8c7oc7ccccc78)cc6)cc5)ccc43)cc2)cc1. The van der Waals surface area contributed by atoms with Crippen LogP contribution in [0.1, 0.15) is 0 Å². The lowest BCUT2D eigenvalue weighted by molar-refractivity contribution is 0.670. The summed E-state index contributed by atoms with van der Waals surface area (Å²) in [5.74, 6) is 0. The molecule has 11 rings (SSSR count). The van der Waals surface area contributed by atoms with Crippen LogP contribution in [0.5, 0.6) is 0 Å². The molecule has 268 valence electrons. The van der Waals surface area contributed by atoms with Crippen LogP contribution in [-0.2, 0) is 0 Å². The van der Waals surface area contributed by atoms with Crippen molar-refractivity contribution in [1.82, 2.24) is 4.57 Å². The summed E-state index contributed by atoms with van der Waals surface area (Å²) in [4.78, 5) is 2.31. The van der Waals surface area contributed by atoms with Crippen molar-refractivity contribution in [3.05, 3.63) is 218 Å². The minimum absolute atomic E-state index is 0.909. The molecule has 11 aromatic rings. The number of aromatic nitrogens is 1. The third-order valence-electron chi connectivity index (χ3n) is 11.2. The summed E-state index contributed by atoms with van der Waals surface area (Å²) in [7, 11) is 0. The smallest absolute Gasteiger partial charge is 0.143 e. The normalized spacial score (nSPS) is 11.5. The van der Waals surface area contributed by atoms with Gasteiger partial charge in [0.05, 0.1) is 11.0 Å². The van der Waals surface area contributed by atoms with Crippen molar-refractivity contribution >= 4 is 60.8 Å². The van der Waals surface area contributed by atoms with Gasteiger partial charge in [0.2, 0.25) is 0 Å². The summed E-state index contributed by atoms with van der Waals surface area (Å²) in [6.07, 6.45) is 0. The second-order valence-corrected chi connectivity index (χ2v) is 14.5. The fourth-order valence-corrected chi connectivity index (χ4v) is 8.46. The largest absolute Gasteiger partial charge is 0.455 e. The molecule has 57 heavy (non-hydrogen) atoms. The van der Waals surface area contributed by atoms with E-state index in [0.29, 0.717) is 0 Å². The molecule has 0 spiro atoms. The van der Waals surface area contributed by atoms with Gasteiger partial charge in [-0.25, -0.2) is 0 Å². The molecule has 0 aliphatic rings. The predicted octanol–water partition coefficient (Wildman–Crippen LogP) is 15.2. The first-order valence-electron chi connectivity index (χ1n) is 19.4. The van der Waals surface area contributed by atoms with Crippen LogP contribution in [0.2, 0.25) is 0 Å². The molecule has 0 atom stereocenters. The van der Waals surface area contributed by atoms with E-state index in [4.69, 9.17) is 4.42 Å². The van der Waals surface area contributed by atoms with Crippen LogP contribution in [0.25, 0.3) is 82.8 Å². The molecule has 2 aromatic heterocycles. The summed E-state index contributed by atoms with van der Waals surface area (Å²) < 4.78 is 8.76. The highest BCUT2D eigenvalue weighted by atomic mass is 16.3. The Morgan fingerprint density at radius 1 is 0.333 bits per heavy atom. The molecule has 0 saturated carbocycles. The zero-order valence-corrected chi connectivity index (χ0v) is 31.1. The van der Waals surface area contributed by atoms with Gasteiger partial charge >= 0.3 is 0 Å². The van der Waals surface area contributed by atoms with Crippen molar-refractivity contribution in [2.24, 2.45) is 0 Å². The van der Waals surface area contributed by atoms with Gasteiger partial charge in [0.15, 0.2) is 0 Å². The Hall–Kier alpha value is -7.62. The van der Waals surface area contributed by atoms with Gasteiger partial charge in [0.25, 0.3) is 0 Å². The van der Waals surface area contributed by atoms with E-state index in [-0.39, 0.29) is 0 Å². The first kappa shape index (κ1) is 32.8. The molecule has 2 heterocycles. The van der Waals surface area contributed by atoms with Crippen LogP contribution < -0.4 is 4.90 Å². The van der Waals surface area contributed by atoms with Crippen LogP contribution in [0.3, 0.4) is 0 Å². The summed E-state index contributed by atoms with van der Waals surface area (Å²) in [6, 6.07) is 78.0. The molecule has 0 fully saturated rings. The molecule has 0 amide bonds. The van der Waals surface area contributed by atoms with Crippen molar-refractivity contribution in [3.8, 4) is 39.1 Å². The van der Waals surface area contributed by atoms with E-state index in [1.165, 1.54) is 44.1 Å². The van der Waals surface area contributed by atoms with Gasteiger partial charge in [-0.15, -0.1) is 0 Å². The molecule has 0 saturated heterocycles. The van der Waals surface area contributed by atoms with Gasteiger partial charge in [0, 0.05) is 49.9 Å². The lowest BCUT2D eigenvalue weighted by Gasteiger charge is -2.26. The number of anilines is 3. The lowest BCUT2D eigenvalue weighted by atomic mass is 10.0. The third-order valence-corrected chi connectivity index (χ3v) is 11.2. The molecule has 0 bridgehead atoms. The molecule has 9 aromatic carbocycles. The fourth-order valence-electron chi connectivity index (χ4n) is 8.46. The number of para-hydroxylation sites is 4. The van der Waals surface area contributed by atoms with Gasteiger partial charge in [-0.1, -0.05) is 146 Å². The standard InChI is InChI=1S/C54H36N2O/c1-3-12-37(13-4-1)38-22-31-45(32-23-38)56-51-20-9-7-16-47(51)50-36-41(28-35-52(50)56)39-24-29-43(30-25-39)55(42-14-5-2-6-15-42)44-33-26-40(27-34-44)46-18-11-19-49-48-17-8-10-21-53(48)57-54(46)49/h1-36H. The summed E-state index contributed by atoms with van der Waals surface area (Å²) in [5.41, 5.74) is 15.7. The van der Waals surface area contributed by atoms with Crippen molar-refractivity contribution in [2.75, 3.05) is 4.90 Å². The topological polar surface area (TPSA) is 21.3 Å². The number of benzene rings is 9. The molecule has 0 radical (unpaired) electrons. The van der Waals surface area contributed by atoms with Crippen LogP contribution in [-0.4, -0.2) is 4.57 Å². The van der Waals surface area contributed by atoms with E-state index in [1.807, 2.05) is 12.1 Å². The highest BCUT2D eigenvalue weighted by Gasteiger charge is 2.17. The van der Waals surface area contributed by atoms with Crippen molar-refractivity contribution in [3.63, 3.8) is 0 Å². The number of hydrogen-bond donors (Lipinski definition) is 0. The van der Waals surface area contributed by atoms with E-state index in [1.54, 1.807) is 0 Å². The van der Waals surface area contributed by atoms with E-state index in [9.17, 15) is 0 Å². The Bertz CT molecular complexity index is 3200. The molecule has 0 aliphatic heterocycles. The number of hydrogen-bond acceptors (Lipinski definition) is 2. The van der Waals surface area contributed by atoms with Crippen LogP contribution in [0, 0.1) is 0 Å². The van der Waals surface area contributed by atoms with Gasteiger partial charge < -0.3 is 13.9 Å². The van der Waals surface area contributed by atoms with E-state index in [0.717, 1.165) is 55.8 Å². The Morgan fingerprint density at radius 3 is 1.61 bits per heavy atom. The van der Waals surface area contributed by atoms with Gasteiger partial charge in [-0.05, 0) is 101 Å². The van der Waals surface area contributed by atoms with Crippen LogP contribution >= 0.6 is 0 Å². The molecule has 3 nitrogen and oxygen atoms in total. The van der Waals surface area contributed by atoms with Crippen LogP contribution in [0.4, 0.5) is 17.1 Å². The quantitative estimate of drug-likeness (QED) is 0.163. The molecule has 0 aliphatic carbocycles. The summed E-state index contributed by atoms with van der Waals surface area (Å²) in [5, 5.41) is 4.76. The lowest BCUT2D eigenvalue weighted by Crippen LogP contribution is -2.09. The maximum atomic E-state index is 6.37. The van der Waals surface area contributed by atoms with Crippen LogP contribution in [0.15, 0.2) is 223 Å². The molecule has 0 unspecified atom stereocenters. The Kier molecular flexibility index (Phi) is 7.82.